The van der Waals surface area contributed by atoms with Gasteiger partial charge in [0.15, 0.2) is 5.58 Å². The van der Waals surface area contributed by atoms with Gasteiger partial charge in [-0.2, -0.15) is 4.98 Å². The van der Waals surface area contributed by atoms with Gasteiger partial charge in [0, 0.05) is 38.4 Å². The quantitative estimate of drug-likeness (QED) is 0.768. The highest BCUT2D eigenvalue weighted by Crippen LogP contribution is 2.34. The van der Waals surface area contributed by atoms with Crippen LogP contribution in [0.3, 0.4) is 0 Å². The zero-order valence-corrected chi connectivity index (χ0v) is 15.6. The molecule has 3 aromatic rings. The summed E-state index contributed by atoms with van der Waals surface area (Å²) >= 11 is 0. The predicted molar refractivity (Wildman–Crippen MR) is 102 cm³/mol. The Morgan fingerprint density at radius 2 is 2.15 bits per heavy atom. The van der Waals surface area contributed by atoms with Crippen molar-refractivity contribution in [3.63, 3.8) is 0 Å². The second kappa shape index (κ2) is 6.11. The summed E-state index contributed by atoms with van der Waals surface area (Å²) < 4.78 is 8.02. The molecule has 1 aliphatic heterocycles. The van der Waals surface area contributed by atoms with Gasteiger partial charge < -0.3 is 19.2 Å². The van der Waals surface area contributed by atoms with E-state index < -0.39 is 0 Å². The number of hydrogen-bond donors (Lipinski definition) is 1. The minimum atomic E-state index is -0.00375. The monoisotopic (exact) mass is 365 g/mol. The maximum atomic E-state index is 12.4. The number of rotatable bonds is 4. The van der Waals surface area contributed by atoms with Gasteiger partial charge in [0.05, 0.1) is 12.0 Å². The third-order valence-corrected chi connectivity index (χ3v) is 5.59. The lowest BCUT2D eigenvalue weighted by molar-refractivity contribution is -0.122. The summed E-state index contributed by atoms with van der Waals surface area (Å²) in [6.07, 6.45) is 5.75. The molecule has 0 spiro atoms. The van der Waals surface area contributed by atoms with Crippen molar-refractivity contribution in [1.29, 1.82) is 0 Å². The highest BCUT2D eigenvalue weighted by Gasteiger charge is 2.41. The number of oxazole rings is 1. The number of aromatic nitrogens is 3. The summed E-state index contributed by atoms with van der Waals surface area (Å²) in [7, 11) is 1.99. The maximum absolute atomic E-state index is 12.4. The van der Waals surface area contributed by atoms with Crippen LogP contribution in [0.25, 0.3) is 11.1 Å². The number of anilines is 1. The summed E-state index contributed by atoms with van der Waals surface area (Å²) in [5, 5.41) is 3.25. The SMILES string of the molecule is Cc1ccc2oc(N3C[C@@H](NC(=O)C4CC4)[C@H](c4nccn4C)C3)nc2c1. The van der Waals surface area contributed by atoms with Crippen LogP contribution in [0.5, 0.6) is 0 Å². The van der Waals surface area contributed by atoms with Gasteiger partial charge in [0.1, 0.15) is 11.3 Å². The number of carbonyl (C=O) groups is 1. The molecule has 0 radical (unpaired) electrons. The van der Waals surface area contributed by atoms with Crippen LogP contribution in [0.2, 0.25) is 0 Å². The molecule has 3 heterocycles. The first-order valence-electron chi connectivity index (χ1n) is 9.48. The molecule has 0 unspecified atom stereocenters. The molecule has 2 aromatic heterocycles. The fourth-order valence-electron chi connectivity index (χ4n) is 3.91. The molecule has 7 nitrogen and oxygen atoms in total. The van der Waals surface area contributed by atoms with E-state index in [1.807, 2.05) is 42.9 Å². The topological polar surface area (TPSA) is 76.2 Å². The van der Waals surface area contributed by atoms with Crippen LogP contribution < -0.4 is 10.2 Å². The Kier molecular flexibility index (Phi) is 3.70. The summed E-state index contributed by atoms with van der Waals surface area (Å²) in [6, 6.07) is 6.62. The first-order chi connectivity index (χ1) is 13.1. The Bertz CT molecular complexity index is 1000. The number of fused-ring (bicyclic) bond motifs is 1. The lowest BCUT2D eigenvalue weighted by Gasteiger charge is -2.19. The minimum Gasteiger partial charge on any atom is -0.423 e. The van der Waals surface area contributed by atoms with Gasteiger partial charge in [-0.15, -0.1) is 0 Å². The molecule has 1 aliphatic carbocycles. The molecule has 1 aromatic carbocycles. The molecule has 7 heteroatoms. The van der Waals surface area contributed by atoms with Gasteiger partial charge >= 0.3 is 0 Å². The Morgan fingerprint density at radius 3 is 2.89 bits per heavy atom. The van der Waals surface area contributed by atoms with Crippen molar-refractivity contribution in [1.82, 2.24) is 19.9 Å². The van der Waals surface area contributed by atoms with Gasteiger partial charge in [-0.25, -0.2) is 4.98 Å². The summed E-state index contributed by atoms with van der Waals surface area (Å²) in [5.74, 6) is 1.43. The van der Waals surface area contributed by atoms with E-state index in [0.717, 1.165) is 35.3 Å². The zero-order valence-electron chi connectivity index (χ0n) is 15.6. The zero-order chi connectivity index (χ0) is 18.5. The number of aryl methyl sites for hydroxylation is 2. The van der Waals surface area contributed by atoms with Crippen LogP contribution in [0.15, 0.2) is 35.0 Å². The van der Waals surface area contributed by atoms with Crippen molar-refractivity contribution >= 4 is 23.0 Å². The van der Waals surface area contributed by atoms with E-state index in [4.69, 9.17) is 4.42 Å². The first kappa shape index (κ1) is 16.4. The normalized spacial score (nSPS) is 22.5. The third kappa shape index (κ3) is 2.97. The molecule has 0 bridgehead atoms. The van der Waals surface area contributed by atoms with Gasteiger partial charge in [0.25, 0.3) is 6.01 Å². The van der Waals surface area contributed by atoms with Gasteiger partial charge in [-0.3, -0.25) is 4.79 Å². The van der Waals surface area contributed by atoms with Crippen LogP contribution in [-0.4, -0.2) is 39.6 Å². The summed E-state index contributed by atoms with van der Waals surface area (Å²) in [5.41, 5.74) is 2.81. The summed E-state index contributed by atoms with van der Waals surface area (Å²) in [4.78, 5) is 23.7. The average molecular weight is 365 g/mol. The molecule has 140 valence electrons. The molecule has 27 heavy (non-hydrogen) atoms. The standard InChI is InChI=1S/C20H23N5O2/c1-12-3-6-17-15(9-12)23-20(27-17)25-10-14(18-21-7-8-24(18)2)16(11-25)22-19(26)13-4-5-13/h3,6-9,13-14,16H,4-5,10-11H2,1-2H3,(H,22,26)/t14-,16-/m1/s1. The van der Waals surface area contributed by atoms with Gasteiger partial charge in [-0.1, -0.05) is 6.07 Å². The van der Waals surface area contributed by atoms with Gasteiger partial charge in [0.2, 0.25) is 5.91 Å². The second-order valence-electron chi connectivity index (χ2n) is 7.76. The van der Waals surface area contributed by atoms with Crippen LogP contribution in [0, 0.1) is 12.8 Å². The van der Waals surface area contributed by atoms with Crippen LogP contribution in [0.1, 0.15) is 30.1 Å². The molecule has 1 saturated carbocycles. The molecule has 2 aliphatic rings. The molecular formula is C20H23N5O2. The fraction of sp³-hybridized carbons (Fsp3) is 0.450. The third-order valence-electron chi connectivity index (χ3n) is 5.59. The number of hydrogen-bond acceptors (Lipinski definition) is 5. The highest BCUT2D eigenvalue weighted by atomic mass is 16.4. The number of nitrogens with one attached hydrogen (secondary N) is 1. The van der Waals surface area contributed by atoms with Gasteiger partial charge in [-0.05, 0) is 37.5 Å². The fourth-order valence-corrected chi connectivity index (χ4v) is 3.91. The van der Waals surface area contributed by atoms with E-state index in [1.54, 1.807) is 6.20 Å². The van der Waals surface area contributed by atoms with E-state index in [-0.39, 0.29) is 23.8 Å². The smallest absolute Gasteiger partial charge is 0.298 e. The van der Waals surface area contributed by atoms with E-state index in [9.17, 15) is 4.79 Å². The number of nitrogens with zero attached hydrogens (tertiary/aromatic N) is 4. The predicted octanol–water partition coefficient (Wildman–Crippen LogP) is 2.37. The highest BCUT2D eigenvalue weighted by molar-refractivity contribution is 5.81. The number of benzene rings is 1. The lowest BCUT2D eigenvalue weighted by atomic mass is 10.0. The van der Waals surface area contributed by atoms with Crippen LogP contribution >= 0.6 is 0 Å². The molecule has 1 amide bonds. The molecule has 1 saturated heterocycles. The van der Waals surface area contributed by atoms with Crippen molar-refractivity contribution < 1.29 is 9.21 Å². The van der Waals surface area contributed by atoms with Crippen LogP contribution in [0.4, 0.5) is 6.01 Å². The molecule has 5 rings (SSSR count). The van der Waals surface area contributed by atoms with Crippen molar-refractivity contribution in [3.05, 3.63) is 42.0 Å². The maximum Gasteiger partial charge on any atom is 0.298 e. The average Bonchev–Trinajstić information content (AvgIpc) is 3.08. The van der Waals surface area contributed by atoms with Crippen molar-refractivity contribution in [3.8, 4) is 0 Å². The Hall–Kier alpha value is -2.83. The lowest BCUT2D eigenvalue weighted by Crippen LogP contribution is -2.41. The number of carbonyl (C=O) groups excluding carboxylic acids is 1. The Morgan fingerprint density at radius 1 is 1.30 bits per heavy atom. The van der Waals surface area contributed by atoms with E-state index >= 15 is 0 Å². The minimum absolute atomic E-state index is 0.00375. The number of imidazole rings is 1. The van der Waals surface area contributed by atoms with E-state index in [0.29, 0.717) is 19.1 Å². The van der Waals surface area contributed by atoms with E-state index in [2.05, 4.69) is 20.2 Å². The molecular weight excluding hydrogens is 342 g/mol. The summed E-state index contributed by atoms with van der Waals surface area (Å²) in [6.45, 7) is 3.43. The molecule has 2 atom stereocenters. The number of amides is 1. The second-order valence-corrected chi connectivity index (χ2v) is 7.76. The van der Waals surface area contributed by atoms with Crippen LogP contribution in [-0.2, 0) is 11.8 Å². The largest absolute Gasteiger partial charge is 0.423 e. The molecule has 2 fully saturated rings. The first-order valence-corrected chi connectivity index (χ1v) is 9.48. The Balaban J connectivity index is 1.44. The Labute approximate surface area is 157 Å². The molecule has 1 N–H and O–H groups in total. The van der Waals surface area contributed by atoms with Crippen molar-refractivity contribution in [2.24, 2.45) is 13.0 Å². The van der Waals surface area contributed by atoms with Crippen molar-refractivity contribution in [2.75, 3.05) is 18.0 Å². The van der Waals surface area contributed by atoms with Crippen molar-refractivity contribution in [2.45, 2.75) is 31.7 Å². The van der Waals surface area contributed by atoms with E-state index in [1.165, 1.54) is 0 Å².